The first-order valence-corrected chi connectivity index (χ1v) is 9.78. The molecule has 0 aliphatic heterocycles. The molecule has 0 atom stereocenters. The fraction of sp³-hybridized carbons (Fsp3) is 0.182. The number of aryl methyl sites for hydroxylation is 1. The number of hydrogen-bond donors (Lipinski definition) is 1. The Balaban J connectivity index is 2.04. The van der Waals surface area contributed by atoms with Gasteiger partial charge >= 0.3 is 5.97 Å². The van der Waals surface area contributed by atoms with Gasteiger partial charge in [0.1, 0.15) is 22.1 Å². The van der Waals surface area contributed by atoms with Crippen LogP contribution in [0.5, 0.6) is 5.75 Å². The molecule has 0 spiro atoms. The number of anilines is 1. The van der Waals surface area contributed by atoms with Crippen molar-refractivity contribution < 1.29 is 23.5 Å². The average molecular weight is 413 g/mol. The second-order valence-electron chi connectivity index (χ2n) is 6.12. The average Bonchev–Trinajstić information content (AvgIpc) is 3.04. The Morgan fingerprint density at radius 2 is 1.79 bits per heavy atom. The molecule has 0 unspecified atom stereocenters. The summed E-state index contributed by atoms with van der Waals surface area (Å²) in [5, 5.41) is 3.17. The van der Waals surface area contributed by atoms with E-state index in [-0.39, 0.29) is 11.4 Å². The van der Waals surface area contributed by atoms with E-state index in [4.69, 9.17) is 9.47 Å². The van der Waals surface area contributed by atoms with Gasteiger partial charge in [0.2, 0.25) is 0 Å². The van der Waals surface area contributed by atoms with Crippen LogP contribution >= 0.6 is 11.3 Å². The molecule has 0 aliphatic rings. The molecule has 0 saturated carbocycles. The molecule has 29 heavy (non-hydrogen) atoms. The lowest BCUT2D eigenvalue weighted by atomic mass is 10.0. The maximum atomic E-state index is 13.3. The van der Waals surface area contributed by atoms with Crippen molar-refractivity contribution in [2.45, 2.75) is 13.8 Å². The first-order valence-electron chi connectivity index (χ1n) is 8.97. The Hall–Kier alpha value is -3.19. The molecular weight excluding hydrogens is 393 g/mol. The number of amides is 1. The fourth-order valence-corrected chi connectivity index (χ4v) is 4.06. The van der Waals surface area contributed by atoms with Crippen LogP contribution in [0.25, 0.3) is 11.1 Å². The van der Waals surface area contributed by atoms with Gasteiger partial charge in [-0.1, -0.05) is 24.3 Å². The van der Waals surface area contributed by atoms with Crippen LogP contribution < -0.4 is 10.1 Å². The van der Waals surface area contributed by atoms with Crippen molar-refractivity contribution in [3.63, 3.8) is 0 Å². The van der Waals surface area contributed by atoms with E-state index in [1.165, 1.54) is 30.6 Å². The molecule has 1 aromatic heterocycles. The lowest BCUT2D eigenvalue weighted by Gasteiger charge is -2.11. The topological polar surface area (TPSA) is 64.6 Å². The van der Waals surface area contributed by atoms with Crippen LogP contribution in [0.3, 0.4) is 0 Å². The Bertz CT molecular complexity index is 1040. The highest BCUT2D eigenvalue weighted by Crippen LogP contribution is 2.40. The van der Waals surface area contributed by atoms with E-state index >= 15 is 0 Å². The van der Waals surface area contributed by atoms with E-state index in [0.29, 0.717) is 34.0 Å². The third kappa shape index (κ3) is 4.30. The van der Waals surface area contributed by atoms with E-state index in [0.717, 1.165) is 4.88 Å². The van der Waals surface area contributed by atoms with E-state index < -0.39 is 11.9 Å². The van der Waals surface area contributed by atoms with Crippen LogP contribution in [0.2, 0.25) is 0 Å². The molecule has 3 rings (SSSR count). The largest absolute Gasteiger partial charge is 0.493 e. The van der Waals surface area contributed by atoms with Gasteiger partial charge in [-0.2, -0.15) is 0 Å². The van der Waals surface area contributed by atoms with Gasteiger partial charge in [0.15, 0.2) is 0 Å². The molecule has 7 heteroatoms. The number of para-hydroxylation sites is 1. The quantitative estimate of drug-likeness (QED) is 0.557. The highest BCUT2D eigenvalue weighted by Gasteiger charge is 2.26. The van der Waals surface area contributed by atoms with Gasteiger partial charge in [-0.25, -0.2) is 9.18 Å². The van der Waals surface area contributed by atoms with Gasteiger partial charge in [-0.3, -0.25) is 4.79 Å². The molecule has 150 valence electrons. The summed E-state index contributed by atoms with van der Waals surface area (Å²) >= 11 is 1.26. The molecule has 0 fully saturated rings. The van der Waals surface area contributed by atoms with Crippen LogP contribution in [0.1, 0.15) is 32.5 Å². The maximum Gasteiger partial charge on any atom is 0.341 e. The summed E-state index contributed by atoms with van der Waals surface area (Å²) in [6.45, 7) is 4.09. The van der Waals surface area contributed by atoms with Crippen LogP contribution in [0, 0.1) is 12.7 Å². The zero-order valence-corrected chi connectivity index (χ0v) is 17.1. The van der Waals surface area contributed by atoms with E-state index in [9.17, 15) is 14.0 Å². The standard InChI is InChI=1S/C22H20FNO4S/c1-4-28-17-8-6-5-7-16(17)20(25)24-21-19(22(26)27-3)18(13(2)29-21)14-9-11-15(23)12-10-14/h5-12H,4H2,1-3H3,(H,24,25). The van der Waals surface area contributed by atoms with E-state index in [1.807, 2.05) is 13.8 Å². The minimum Gasteiger partial charge on any atom is -0.493 e. The zero-order chi connectivity index (χ0) is 21.0. The predicted molar refractivity (Wildman–Crippen MR) is 111 cm³/mol. The minimum absolute atomic E-state index is 0.240. The molecule has 0 saturated heterocycles. The second-order valence-corrected chi connectivity index (χ2v) is 7.34. The Morgan fingerprint density at radius 3 is 2.45 bits per heavy atom. The first kappa shape index (κ1) is 20.5. The summed E-state index contributed by atoms with van der Waals surface area (Å²) in [6, 6.07) is 12.7. The predicted octanol–water partition coefficient (Wildman–Crippen LogP) is 5.30. The van der Waals surface area contributed by atoms with Gasteiger partial charge in [-0.05, 0) is 43.7 Å². The summed E-state index contributed by atoms with van der Waals surface area (Å²) in [5.41, 5.74) is 1.87. The fourth-order valence-electron chi connectivity index (χ4n) is 3.00. The molecule has 3 aromatic rings. The highest BCUT2D eigenvalue weighted by atomic mass is 32.1. The van der Waals surface area contributed by atoms with Crippen molar-refractivity contribution in [3.8, 4) is 16.9 Å². The normalized spacial score (nSPS) is 10.5. The second kappa shape index (κ2) is 8.87. The third-order valence-corrected chi connectivity index (χ3v) is 5.29. The molecule has 2 aromatic carbocycles. The monoisotopic (exact) mass is 413 g/mol. The molecule has 1 heterocycles. The summed E-state index contributed by atoms with van der Waals surface area (Å²) in [4.78, 5) is 26.2. The zero-order valence-electron chi connectivity index (χ0n) is 16.2. The molecule has 0 bridgehead atoms. The van der Waals surface area contributed by atoms with Gasteiger partial charge in [0.25, 0.3) is 5.91 Å². The highest BCUT2D eigenvalue weighted by molar-refractivity contribution is 7.17. The number of esters is 1. The molecule has 0 aliphatic carbocycles. The lowest BCUT2D eigenvalue weighted by molar-refractivity contribution is 0.0603. The molecule has 1 amide bonds. The van der Waals surface area contributed by atoms with Gasteiger partial charge in [0.05, 0.1) is 19.3 Å². The molecule has 1 N–H and O–H groups in total. The van der Waals surface area contributed by atoms with Crippen molar-refractivity contribution in [1.29, 1.82) is 0 Å². The number of ether oxygens (including phenoxy) is 2. The van der Waals surface area contributed by atoms with Crippen LogP contribution in [-0.2, 0) is 4.74 Å². The summed E-state index contributed by atoms with van der Waals surface area (Å²) in [7, 11) is 1.28. The van der Waals surface area contributed by atoms with Gasteiger partial charge < -0.3 is 14.8 Å². The van der Waals surface area contributed by atoms with Crippen LogP contribution in [0.15, 0.2) is 48.5 Å². The number of carbonyl (C=O) groups excluding carboxylic acids is 2. The summed E-state index contributed by atoms with van der Waals surface area (Å²) in [6.07, 6.45) is 0. The number of thiophene rings is 1. The summed E-state index contributed by atoms with van der Waals surface area (Å²) in [5.74, 6) is -0.894. The number of carbonyl (C=O) groups is 2. The van der Waals surface area contributed by atoms with Crippen molar-refractivity contribution in [2.24, 2.45) is 0 Å². The Kier molecular flexibility index (Phi) is 6.29. The maximum absolute atomic E-state index is 13.3. The van der Waals surface area contributed by atoms with Crippen molar-refractivity contribution in [3.05, 3.63) is 70.4 Å². The van der Waals surface area contributed by atoms with Crippen molar-refractivity contribution in [2.75, 3.05) is 19.0 Å². The smallest absolute Gasteiger partial charge is 0.341 e. The SMILES string of the molecule is CCOc1ccccc1C(=O)Nc1sc(C)c(-c2ccc(F)cc2)c1C(=O)OC. The van der Waals surface area contributed by atoms with Crippen molar-refractivity contribution >= 4 is 28.2 Å². The minimum atomic E-state index is -0.581. The van der Waals surface area contributed by atoms with Gasteiger partial charge in [-0.15, -0.1) is 11.3 Å². The lowest BCUT2D eigenvalue weighted by Crippen LogP contribution is -2.15. The summed E-state index contributed by atoms with van der Waals surface area (Å²) < 4.78 is 23.8. The Labute approximate surface area is 172 Å². The number of hydrogen-bond acceptors (Lipinski definition) is 5. The molecule has 5 nitrogen and oxygen atoms in total. The third-order valence-electron chi connectivity index (χ3n) is 4.27. The molecule has 0 radical (unpaired) electrons. The van der Waals surface area contributed by atoms with E-state index in [1.54, 1.807) is 36.4 Å². The van der Waals surface area contributed by atoms with Gasteiger partial charge in [0, 0.05) is 10.4 Å². The van der Waals surface area contributed by atoms with Crippen LogP contribution in [-0.4, -0.2) is 25.6 Å². The number of halogens is 1. The number of benzene rings is 2. The van der Waals surface area contributed by atoms with Crippen LogP contribution in [0.4, 0.5) is 9.39 Å². The van der Waals surface area contributed by atoms with E-state index in [2.05, 4.69) is 5.32 Å². The van der Waals surface area contributed by atoms with Crippen molar-refractivity contribution in [1.82, 2.24) is 0 Å². The molecular formula is C22H20FNO4S. The number of nitrogens with one attached hydrogen (secondary N) is 1. The Morgan fingerprint density at radius 1 is 1.10 bits per heavy atom. The first-order chi connectivity index (χ1) is 14.0. The number of rotatable bonds is 6. The number of methoxy groups -OCH3 is 1.